The number of para-hydroxylation sites is 1. The van der Waals surface area contributed by atoms with Gasteiger partial charge in [-0.1, -0.05) is 58.0 Å². The summed E-state index contributed by atoms with van der Waals surface area (Å²) < 4.78 is 0. The van der Waals surface area contributed by atoms with Crippen LogP contribution in [0.2, 0.25) is 0 Å². The molecule has 0 radical (unpaired) electrons. The molecule has 0 saturated heterocycles. The van der Waals surface area contributed by atoms with Gasteiger partial charge in [0.15, 0.2) is 0 Å². The molecule has 3 aromatic carbocycles. The molecule has 156 valence electrons. The summed E-state index contributed by atoms with van der Waals surface area (Å²) in [6.45, 7) is 10.6. The van der Waals surface area contributed by atoms with Gasteiger partial charge in [0, 0.05) is 30.3 Å². The van der Waals surface area contributed by atoms with E-state index in [0.717, 1.165) is 22.3 Å². The van der Waals surface area contributed by atoms with Crippen LogP contribution in [0, 0.1) is 17.0 Å². The Kier molecular flexibility index (Phi) is 6.20. The molecular weight excluding hydrogens is 374 g/mol. The molecule has 5 nitrogen and oxygen atoms in total. The highest BCUT2D eigenvalue weighted by Gasteiger charge is 2.19. The molecule has 0 bridgehead atoms. The van der Waals surface area contributed by atoms with Gasteiger partial charge >= 0.3 is 0 Å². The van der Waals surface area contributed by atoms with Crippen molar-refractivity contribution in [3.63, 3.8) is 0 Å². The van der Waals surface area contributed by atoms with Crippen molar-refractivity contribution in [2.75, 3.05) is 12.4 Å². The number of nitro groups is 1. The second kappa shape index (κ2) is 8.66. The molecule has 1 N–H and O–H groups in total. The van der Waals surface area contributed by atoms with Crippen molar-refractivity contribution in [2.45, 2.75) is 46.5 Å². The number of rotatable bonds is 6. The van der Waals surface area contributed by atoms with Gasteiger partial charge in [0.05, 0.1) is 21.7 Å². The number of non-ortho nitro benzene ring substituents is 1. The first kappa shape index (κ1) is 21.5. The lowest BCUT2D eigenvalue weighted by Gasteiger charge is -2.17. The predicted octanol–water partition coefficient (Wildman–Crippen LogP) is 7.10. The van der Waals surface area contributed by atoms with E-state index >= 15 is 0 Å². The minimum atomic E-state index is -0.319. The summed E-state index contributed by atoms with van der Waals surface area (Å²) in [6.07, 6.45) is 1.76. The fraction of sp³-hybridized carbons (Fsp3) is 0.320. The van der Waals surface area contributed by atoms with E-state index < -0.39 is 0 Å². The fourth-order valence-corrected chi connectivity index (χ4v) is 3.97. The molecule has 3 rings (SSSR count). The molecule has 0 aliphatic heterocycles. The molecule has 0 saturated carbocycles. The molecule has 0 heterocycles. The highest BCUT2D eigenvalue weighted by molar-refractivity contribution is 6.09. The fourth-order valence-electron chi connectivity index (χ4n) is 3.97. The van der Waals surface area contributed by atoms with Crippen LogP contribution in [0.15, 0.2) is 47.5 Å². The molecule has 0 aliphatic carbocycles. The summed E-state index contributed by atoms with van der Waals surface area (Å²) in [5.74, 6) is 0.653. The molecular formula is C25H29N3O2. The Labute approximate surface area is 178 Å². The number of hydrogen-bond donors (Lipinski definition) is 1. The minimum absolute atomic E-state index is 0.0929. The molecule has 3 aromatic rings. The molecule has 0 atom stereocenters. The van der Waals surface area contributed by atoms with Gasteiger partial charge < -0.3 is 5.32 Å². The lowest BCUT2D eigenvalue weighted by molar-refractivity contribution is -0.383. The first-order valence-electron chi connectivity index (χ1n) is 10.3. The maximum absolute atomic E-state index is 11.8. The Morgan fingerprint density at radius 2 is 1.63 bits per heavy atom. The highest BCUT2D eigenvalue weighted by atomic mass is 16.6. The third kappa shape index (κ3) is 3.92. The van der Waals surface area contributed by atoms with Gasteiger partial charge in [0.25, 0.3) is 5.69 Å². The van der Waals surface area contributed by atoms with Crippen molar-refractivity contribution in [3.05, 3.63) is 74.8 Å². The summed E-state index contributed by atoms with van der Waals surface area (Å²) in [4.78, 5) is 16.3. The van der Waals surface area contributed by atoms with Gasteiger partial charge in [-0.05, 0) is 41.5 Å². The van der Waals surface area contributed by atoms with Crippen LogP contribution in [0.5, 0.6) is 0 Å². The van der Waals surface area contributed by atoms with E-state index in [1.54, 1.807) is 18.3 Å². The lowest BCUT2D eigenvalue weighted by atomic mass is 9.93. The van der Waals surface area contributed by atoms with E-state index in [4.69, 9.17) is 4.99 Å². The summed E-state index contributed by atoms with van der Waals surface area (Å²) in [5, 5.41) is 16.5. The molecule has 0 amide bonds. The molecule has 0 spiro atoms. The molecule has 0 unspecified atom stereocenters. The first-order chi connectivity index (χ1) is 14.3. The van der Waals surface area contributed by atoms with Gasteiger partial charge in [0.2, 0.25) is 0 Å². The van der Waals surface area contributed by atoms with Crippen molar-refractivity contribution in [1.29, 1.82) is 0 Å². The van der Waals surface area contributed by atoms with Crippen LogP contribution in [-0.4, -0.2) is 18.2 Å². The number of anilines is 1. The van der Waals surface area contributed by atoms with E-state index in [0.29, 0.717) is 22.8 Å². The summed E-state index contributed by atoms with van der Waals surface area (Å²) in [6, 6.07) is 13.5. The van der Waals surface area contributed by atoms with Crippen molar-refractivity contribution >= 4 is 34.0 Å². The van der Waals surface area contributed by atoms with Gasteiger partial charge in [-0.25, -0.2) is 0 Å². The van der Waals surface area contributed by atoms with Gasteiger partial charge in [-0.3, -0.25) is 15.1 Å². The SMILES string of the molecule is CNc1c(C=Nc2c(C(C)C)cccc2C(C)C)cc([N+](=O)[O-])c2cccc(C)c12. The monoisotopic (exact) mass is 403 g/mol. The Balaban J connectivity index is 2.28. The number of benzene rings is 3. The Hall–Kier alpha value is -3.21. The zero-order valence-corrected chi connectivity index (χ0v) is 18.5. The highest BCUT2D eigenvalue weighted by Crippen LogP contribution is 2.38. The number of aryl methyl sites for hydroxylation is 1. The Morgan fingerprint density at radius 1 is 1.03 bits per heavy atom. The van der Waals surface area contributed by atoms with Crippen LogP contribution in [0.4, 0.5) is 17.1 Å². The number of aliphatic imine (C=N–C) groups is 1. The van der Waals surface area contributed by atoms with E-state index in [1.807, 2.05) is 26.1 Å². The lowest BCUT2D eigenvalue weighted by Crippen LogP contribution is -2.01. The first-order valence-corrected chi connectivity index (χ1v) is 10.3. The summed E-state index contributed by atoms with van der Waals surface area (Å²) >= 11 is 0. The zero-order valence-electron chi connectivity index (χ0n) is 18.5. The van der Waals surface area contributed by atoms with E-state index in [2.05, 4.69) is 51.2 Å². The molecule has 0 fully saturated rings. The maximum Gasteiger partial charge on any atom is 0.278 e. The molecule has 30 heavy (non-hydrogen) atoms. The summed E-state index contributed by atoms with van der Waals surface area (Å²) in [7, 11) is 1.84. The van der Waals surface area contributed by atoms with Gasteiger partial charge in [-0.2, -0.15) is 0 Å². The van der Waals surface area contributed by atoms with E-state index in [9.17, 15) is 10.1 Å². The molecule has 0 aromatic heterocycles. The largest absolute Gasteiger partial charge is 0.387 e. The van der Waals surface area contributed by atoms with Crippen LogP contribution in [-0.2, 0) is 0 Å². The van der Waals surface area contributed by atoms with E-state index in [-0.39, 0.29) is 10.6 Å². The maximum atomic E-state index is 11.8. The van der Waals surface area contributed by atoms with Crippen molar-refractivity contribution in [1.82, 2.24) is 0 Å². The normalized spacial score (nSPS) is 11.7. The Bertz CT molecular complexity index is 1100. The second-order valence-electron chi connectivity index (χ2n) is 8.22. The minimum Gasteiger partial charge on any atom is -0.387 e. The summed E-state index contributed by atoms with van der Waals surface area (Å²) in [5.41, 5.74) is 5.95. The predicted molar refractivity (Wildman–Crippen MR) is 127 cm³/mol. The smallest absolute Gasteiger partial charge is 0.278 e. The van der Waals surface area contributed by atoms with E-state index in [1.165, 1.54) is 11.1 Å². The third-order valence-corrected chi connectivity index (χ3v) is 5.50. The average Bonchev–Trinajstić information content (AvgIpc) is 2.70. The van der Waals surface area contributed by atoms with Crippen molar-refractivity contribution < 1.29 is 4.92 Å². The topological polar surface area (TPSA) is 67.5 Å². The van der Waals surface area contributed by atoms with Crippen LogP contribution >= 0.6 is 0 Å². The second-order valence-corrected chi connectivity index (χ2v) is 8.22. The van der Waals surface area contributed by atoms with Crippen LogP contribution < -0.4 is 5.32 Å². The van der Waals surface area contributed by atoms with Crippen molar-refractivity contribution in [3.8, 4) is 0 Å². The van der Waals surface area contributed by atoms with Crippen LogP contribution in [0.25, 0.3) is 10.8 Å². The molecule has 5 heteroatoms. The number of hydrogen-bond acceptors (Lipinski definition) is 4. The standard InChI is InChI=1S/C25H29N3O2/c1-15(2)19-10-8-11-20(16(3)4)25(19)27-14-18-13-22(28(29)30)21-12-7-9-17(5)23(21)24(18)26-6/h7-16,26H,1-6H3. The van der Waals surface area contributed by atoms with Crippen LogP contribution in [0.3, 0.4) is 0 Å². The zero-order chi connectivity index (χ0) is 22.0. The van der Waals surface area contributed by atoms with Gasteiger partial charge in [-0.15, -0.1) is 0 Å². The molecule has 0 aliphatic rings. The van der Waals surface area contributed by atoms with Crippen molar-refractivity contribution in [2.24, 2.45) is 4.99 Å². The number of nitro benzene ring substituents is 1. The average molecular weight is 404 g/mol. The Morgan fingerprint density at radius 3 is 2.17 bits per heavy atom. The third-order valence-electron chi connectivity index (χ3n) is 5.50. The number of fused-ring (bicyclic) bond motifs is 1. The van der Waals surface area contributed by atoms with Crippen LogP contribution in [0.1, 0.15) is 61.8 Å². The number of nitrogens with zero attached hydrogens (tertiary/aromatic N) is 2. The number of nitrogens with one attached hydrogen (secondary N) is 1. The quantitative estimate of drug-likeness (QED) is 0.271. The van der Waals surface area contributed by atoms with Gasteiger partial charge in [0.1, 0.15) is 0 Å².